The van der Waals surface area contributed by atoms with Crippen molar-refractivity contribution in [1.29, 1.82) is 0 Å². The number of para-hydroxylation sites is 1. The van der Waals surface area contributed by atoms with Gasteiger partial charge in [-0.3, -0.25) is 0 Å². The third-order valence-electron chi connectivity index (χ3n) is 3.53. The fraction of sp³-hybridized carbons (Fsp3) is 0.471. The van der Waals surface area contributed by atoms with Gasteiger partial charge in [-0.25, -0.2) is 4.68 Å². The lowest BCUT2D eigenvalue weighted by Crippen LogP contribution is -2.19. The van der Waals surface area contributed by atoms with E-state index in [2.05, 4.69) is 49.5 Å². The smallest absolute Gasteiger partial charge is 0.0645 e. The molecule has 2 aromatic rings. The Morgan fingerprint density at radius 2 is 1.90 bits per heavy atom. The highest BCUT2D eigenvalue weighted by atomic mass is 15.3. The van der Waals surface area contributed by atoms with Gasteiger partial charge >= 0.3 is 0 Å². The molecule has 1 unspecified atom stereocenters. The van der Waals surface area contributed by atoms with Gasteiger partial charge < -0.3 is 5.32 Å². The molecule has 0 spiro atoms. The largest absolute Gasteiger partial charge is 0.310 e. The monoisotopic (exact) mass is 271 g/mol. The van der Waals surface area contributed by atoms with Crippen LogP contribution in [0.5, 0.6) is 0 Å². The van der Waals surface area contributed by atoms with E-state index in [4.69, 9.17) is 0 Å². The molecule has 0 aliphatic rings. The van der Waals surface area contributed by atoms with Crippen LogP contribution >= 0.6 is 0 Å². The van der Waals surface area contributed by atoms with Crippen molar-refractivity contribution >= 4 is 0 Å². The molecule has 20 heavy (non-hydrogen) atoms. The molecule has 0 aliphatic carbocycles. The summed E-state index contributed by atoms with van der Waals surface area (Å²) >= 11 is 0. The van der Waals surface area contributed by atoms with Crippen LogP contribution in [0, 0.1) is 5.92 Å². The van der Waals surface area contributed by atoms with Crippen molar-refractivity contribution in [3.63, 3.8) is 0 Å². The van der Waals surface area contributed by atoms with E-state index in [0.717, 1.165) is 18.2 Å². The van der Waals surface area contributed by atoms with Gasteiger partial charge in [0.05, 0.1) is 11.9 Å². The lowest BCUT2D eigenvalue weighted by Gasteiger charge is -2.12. The minimum Gasteiger partial charge on any atom is -0.310 e. The molecule has 0 fully saturated rings. The van der Waals surface area contributed by atoms with Crippen LogP contribution in [-0.4, -0.2) is 16.3 Å². The Labute approximate surface area is 122 Å². The SMILES string of the molecule is CC(C)CCCNC(C)c1cnn(-c2ccccc2)c1. The predicted molar refractivity (Wildman–Crippen MR) is 84.1 cm³/mol. The van der Waals surface area contributed by atoms with Crippen LogP contribution < -0.4 is 5.32 Å². The van der Waals surface area contributed by atoms with Gasteiger partial charge in [0, 0.05) is 17.8 Å². The minimum atomic E-state index is 0.347. The van der Waals surface area contributed by atoms with E-state index < -0.39 is 0 Å². The molecule has 108 valence electrons. The summed E-state index contributed by atoms with van der Waals surface area (Å²) in [6.45, 7) is 7.80. The van der Waals surface area contributed by atoms with Crippen LogP contribution in [0.25, 0.3) is 5.69 Å². The first-order chi connectivity index (χ1) is 9.66. The van der Waals surface area contributed by atoms with Crippen LogP contribution in [0.1, 0.15) is 45.2 Å². The summed E-state index contributed by atoms with van der Waals surface area (Å²) < 4.78 is 1.93. The molecule has 0 bridgehead atoms. The third-order valence-corrected chi connectivity index (χ3v) is 3.53. The van der Waals surface area contributed by atoms with Crippen LogP contribution in [-0.2, 0) is 0 Å². The number of hydrogen-bond donors (Lipinski definition) is 1. The quantitative estimate of drug-likeness (QED) is 0.772. The molecule has 0 saturated heterocycles. The van der Waals surface area contributed by atoms with Gasteiger partial charge in [-0.15, -0.1) is 0 Å². The average molecular weight is 271 g/mol. The van der Waals surface area contributed by atoms with Gasteiger partial charge in [0.25, 0.3) is 0 Å². The molecule has 3 nitrogen and oxygen atoms in total. The Bertz CT molecular complexity index is 502. The van der Waals surface area contributed by atoms with Crippen LogP contribution in [0.2, 0.25) is 0 Å². The fourth-order valence-electron chi connectivity index (χ4n) is 2.23. The number of rotatable bonds is 7. The lowest BCUT2D eigenvalue weighted by atomic mass is 10.1. The molecule has 0 saturated carbocycles. The fourth-order valence-corrected chi connectivity index (χ4v) is 2.23. The maximum Gasteiger partial charge on any atom is 0.0645 e. The van der Waals surface area contributed by atoms with Crippen molar-refractivity contribution in [2.24, 2.45) is 5.92 Å². The lowest BCUT2D eigenvalue weighted by molar-refractivity contribution is 0.497. The number of aromatic nitrogens is 2. The van der Waals surface area contributed by atoms with Crippen molar-refractivity contribution in [2.45, 2.75) is 39.7 Å². The zero-order valence-electron chi connectivity index (χ0n) is 12.7. The molecule has 1 atom stereocenters. The van der Waals surface area contributed by atoms with E-state index in [0.29, 0.717) is 6.04 Å². The van der Waals surface area contributed by atoms with E-state index >= 15 is 0 Å². The van der Waals surface area contributed by atoms with E-state index in [-0.39, 0.29) is 0 Å². The Hall–Kier alpha value is -1.61. The van der Waals surface area contributed by atoms with Crippen molar-refractivity contribution < 1.29 is 0 Å². The van der Waals surface area contributed by atoms with Crippen molar-refractivity contribution in [1.82, 2.24) is 15.1 Å². The number of nitrogens with zero attached hydrogens (tertiary/aromatic N) is 2. The number of benzene rings is 1. The Kier molecular flexibility index (Phi) is 5.36. The maximum absolute atomic E-state index is 4.44. The molecule has 3 heteroatoms. The van der Waals surface area contributed by atoms with Gasteiger partial charge in [-0.05, 0) is 44.4 Å². The van der Waals surface area contributed by atoms with Gasteiger partial charge in [0.2, 0.25) is 0 Å². The summed E-state index contributed by atoms with van der Waals surface area (Å²) in [7, 11) is 0. The first kappa shape index (κ1) is 14.8. The second-order valence-electron chi connectivity index (χ2n) is 5.77. The normalized spacial score (nSPS) is 12.8. The van der Waals surface area contributed by atoms with Gasteiger partial charge in [0.15, 0.2) is 0 Å². The highest BCUT2D eigenvalue weighted by Gasteiger charge is 2.08. The highest BCUT2D eigenvalue weighted by Crippen LogP contribution is 2.14. The first-order valence-corrected chi connectivity index (χ1v) is 7.50. The molecule has 1 heterocycles. The Balaban J connectivity index is 1.88. The standard InChI is InChI=1S/C17H25N3/c1-14(2)8-7-11-18-15(3)16-12-19-20(13-16)17-9-5-4-6-10-17/h4-6,9-10,12-15,18H,7-8,11H2,1-3H3. The maximum atomic E-state index is 4.44. The molecule has 1 aromatic carbocycles. The molecule has 1 aromatic heterocycles. The highest BCUT2D eigenvalue weighted by molar-refractivity contribution is 5.31. The third kappa shape index (κ3) is 4.20. The van der Waals surface area contributed by atoms with Gasteiger partial charge in [-0.1, -0.05) is 32.0 Å². The summed E-state index contributed by atoms with van der Waals surface area (Å²) in [5.41, 5.74) is 2.34. The van der Waals surface area contributed by atoms with E-state index in [1.54, 1.807) is 0 Å². The van der Waals surface area contributed by atoms with Crippen LogP contribution in [0.4, 0.5) is 0 Å². The second-order valence-corrected chi connectivity index (χ2v) is 5.77. The molecule has 1 N–H and O–H groups in total. The Morgan fingerprint density at radius 1 is 1.15 bits per heavy atom. The number of hydrogen-bond acceptors (Lipinski definition) is 2. The summed E-state index contributed by atoms with van der Waals surface area (Å²) in [4.78, 5) is 0. The van der Waals surface area contributed by atoms with E-state index in [9.17, 15) is 0 Å². The number of nitrogens with one attached hydrogen (secondary N) is 1. The van der Waals surface area contributed by atoms with Crippen molar-refractivity contribution in [3.05, 3.63) is 48.3 Å². The molecular weight excluding hydrogens is 246 g/mol. The van der Waals surface area contributed by atoms with Crippen molar-refractivity contribution in [3.8, 4) is 5.69 Å². The van der Waals surface area contributed by atoms with Gasteiger partial charge in [0.1, 0.15) is 0 Å². The second kappa shape index (κ2) is 7.25. The predicted octanol–water partition coefficient (Wildman–Crippen LogP) is 3.96. The zero-order chi connectivity index (χ0) is 14.4. The molecule has 0 amide bonds. The molecule has 0 radical (unpaired) electrons. The van der Waals surface area contributed by atoms with Crippen LogP contribution in [0.3, 0.4) is 0 Å². The summed E-state index contributed by atoms with van der Waals surface area (Å²) in [6.07, 6.45) is 6.57. The Morgan fingerprint density at radius 3 is 2.60 bits per heavy atom. The minimum absolute atomic E-state index is 0.347. The topological polar surface area (TPSA) is 29.9 Å². The van der Waals surface area contributed by atoms with Crippen molar-refractivity contribution in [2.75, 3.05) is 6.54 Å². The average Bonchev–Trinajstić information content (AvgIpc) is 2.94. The van der Waals surface area contributed by atoms with E-state index in [1.807, 2.05) is 29.1 Å². The molecule has 0 aliphatic heterocycles. The van der Waals surface area contributed by atoms with Gasteiger partial charge in [-0.2, -0.15) is 5.10 Å². The summed E-state index contributed by atoms with van der Waals surface area (Å²) in [6, 6.07) is 10.6. The summed E-state index contributed by atoms with van der Waals surface area (Å²) in [5, 5.41) is 8.01. The molecule has 2 rings (SSSR count). The summed E-state index contributed by atoms with van der Waals surface area (Å²) in [5.74, 6) is 0.785. The zero-order valence-corrected chi connectivity index (χ0v) is 12.7. The van der Waals surface area contributed by atoms with Crippen LogP contribution in [0.15, 0.2) is 42.7 Å². The van der Waals surface area contributed by atoms with E-state index in [1.165, 1.54) is 18.4 Å². The molecular formula is C17H25N3. The first-order valence-electron chi connectivity index (χ1n) is 7.50.